The van der Waals surface area contributed by atoms with Crippen LogP contribution in [-0.4, -0.2) is 36.6 Å². The molecule has 1 saturated carbocycles. The number of hydrogen-bond acceptors (Lipinski definition) is 8. The van der Waals surface area contributed by atoms with Crippen LogP contribution in [0.25, 0.3) is 0 Å². The van der Waals surface area contributed by atoms with Gasteiger partial charge in [-0.05, 0) is 38.2 Å². The predicted molar refractivity (Wildman–Crippen MR) is 108 cm³/mol. The molecule has 0 atom stereocenters. The Morgan fingerprint density at radius 1 is 1.14 bits per heavy atom. The molecule has 3 aliphatic rings. The molecule has 28 heavy (non-hydrogen) atoms. The fourth-order valence-electron chi connectivity index (χ4n) is 4.32. The van der Waals surface area contributed by atoms with Gasteiger partial charge in [-0.2, -0.15) is 4.99 Å². The van der Waals surface area contributed by atoms with E-state index in [4.69, 9.17) is 25.9 Å². The second kappa shape index (κ2) is 7.33. The smallest absolute Gasteiger partial charge is 0.220 e. The average molecular weight is 385 g/mol. The first-order valence-electron chi connectivity index (χ1n) is 10.0. The Hall–Kier alpha value is -2.77. The highest BCUT2D eigenvalue weighted by Crippen LogP contribution is 2.44. The molecule has 1 fully saturated rings. The molecule has 8 nitrogen and oxygen atoms in total. The number of rotatable bonds is 4. The van der Waals surface area contributed by atoms with Gasteiger partial charge in [0.15, 0.2) is 17.3 Å². The lowest BCUT2D eigenvalue weighted by atomic mass is 9.86. The number of nitrogens with zero attached hydrogens (tertiary/aromatic N) is 3. The van der Waals surface area contributed by atoms with Crippen LogP contribution in [0.3, 0.4) is 0 Å². The van der Waals surface area contributed by atoms with Gasteiger partial charge in [0.05, 0.1) is 5.69 Å². The summed E-state index contributed by atoms with van der Waals surface area (Å²) in [6.07, 6.45) is 5.99. The minimum absolute atomic E-state index is 0.0377. The normalized spacial score (nSPS) is 20.5. The summed E-state index contributed by atoms with van der Waals surface area (Å²) in [6.45, 7) is 2.92. The van der Waals surface area contributed by atoms with Crippen LogP contribution < -0.4 is 25.8 Å². The van der Waals surface area contributed by atoms with Crippen LogP contribution >= 0.6 is 0 Å². The summed E-state index contributed by atoms with van der Waals surface area (Å²) in [5.74, 6) is 1.68. The van der Waals surface area contributed by atoms with Gasteiger partial charge in [0.2, 0.25) is 11.9 Å². The van der Waals surface area contributed by atoms with E-state index in [2.05, 4.69) is 4.99 Å². The average Bonchev–Trinajstić information content (AvgIpc) is 2.67. The molecular formula is C20H27N5O3. The van der Waals surface area contributed by atoms with Crippen molar-refractivity contribution in [3.05, 3.63) is 17.7 Å². The number of Topliss-reactive ketones (excluding diaryl/α,β-unsaturated/α-hetero) is 1. The van der Waals surface area contributed by atoms with E-state index in [0.717, 1.165) is 38.5 Å². The molecular weight excluding hydrogens is 358 g/mol. The maximum absolute atomic E-state index is 13.0. The molecule has 8 heteroatoms. The Labute approximate surface area is 164 Å². The minimum Gasteiger partial charge on any atom is -0.486 e. The Morgan fingerprint density at radius 2 is 1.82 bits per heavy atom. The third-order valence-electron chi connectivity index (χ3n) is 5.53. The second-order valence-corrected chi connectivity index (χ2v) is 7.50. The third kappa shape index (κ3) is 3.16. The van der Waals surface area contributed by atoms with E-state index in [1.54, 1.807) is 6.07 Å². The number of benzene rings is 1. The van der Waals surface area contributed by atoms with Crippen LogP contribution in [0.2, 0.25) is 0 Å². The molecule has 0 unspecified atom stereocenters. The Morgan fingerprint density at radius 3 is 2.50 bits per heavy atom. The highest BCUT2D eigenvalue weighted by atomic mass is 16.6. The molecule has 1 aromatic rings. The van der Waals surface area contributed by atoms with Crippen LogP contribution in [0.15, 0.2) is 22.1 Å². The summed E-state index contributed by atoms with van der Waals surface area (Å²) in [4.78, 5) is 23.8. The quantitative estimate of drug-likeness (QED) is 0.770. The molecule has 1 spiro atoms. The molecule has 0 saturated heterocycles. The van der Waals surface area contributed by atoms with Gasteiger partial charge >= 0.3 is 0 Å². The standard InChI is InChI=1S/C20H27N5O3/c1-2-6-15(26)13-11-16-17(28-10-9-27-16)12-14(13)25-19(22)23-18(21)24-20(25)7-4-3-5-8-20/h11-12H,2-10H2,1H3,(H4,21,22,23,24). The Kier molecular flexibility index (Phi) is 4.87. The van der Waals surface area contributed by atoms with Gasteiger partial charge < -0.3 is 20.9 Å². The Bertz CT molecular complexity index is 842. The number of aliphatic imine (C=N–C) groups is 2. The van der Waals surface area contributed by atoms with E-state index in [0.29, 0.717) is 42.4 Å². The summed E-state index contributed by atoms with van der Waals surface area (Å²) < 4.78 is 11.5. The van der Waals surface area contributed by atoms with Crippen molar-refractivity contribution in [3.63, 3.8) is 0 Å². The molecule has 0 aromatic heterocycles. The van der Waals surface area contributed by atoms with Gasteiger partial charge in [-0.25, -0.2) is 4.99 Å². The zero-order valence-electron chi connectivity index (χ0n) is 16.2. The van der Waals surface area contributed by atoms with Crippen molar-refractivity contribution in [2.45, 2.75) is 57.5 Å². The third-order valence-corrected chi connectivity index (χ3v) is 5.53. The first-order valence-corrected chi connectivity index (χ1v) is 10.0. The first-order chi connectivity index (χ1) is 13.5. The number of carbonyl (C=O) groups excluding carboxylic acids is 1. The summed E-state index contributed by atoms with van der Waals surface area (Å²) in [5, 5.41) is 0. The fourth-order valence-corrected chi connectivity index (χ4v) is 4.32. The van der Waals surface area contributed by atoms with Crippen LogP contribution in [0.1, 0.15) is 62.2 Å². The maximum atomic E-state index is 13.0. The van der Waals surface area contributed by atoms with E-state index in [-0.39, 0.29) is 17.7 Å². The topological polar surface area (TPSA) is 116 Å². The molecule has 0 amide bonds. The molecule has 0 bridgehead atoms. The highest BCUT2D eigenvalue weighted by molar-refractivity contribution is 6.11. The fraction of sp³-hybridized carbons (Fsp3) is 0.550. The zero-order valence-corrected chi connectivity index (χ0v) is 16.2. The van der Waals surface area contributed by atoms with E-state index in [1.165, 1.54) is 0 Å². The van der Waals surface area contributed by atoms with E-state index < -0.39 is 5.66 Å². The summed E-state index contributed by atoms with van der Waals surface area (Å²) >= 11 is 0. The number of ether oxygens (including phenoxy) is 2. The molecule has 2 aliphatic heterocycles. The van der Waals surface area contributed by atoms with Gasteiger partial charge in [0.25, 0.3) is 0 Å². The van der Waals surface area contributed by atoms with Crippen molar-refractivity contribution in [3.8, 4) is 11.5 Å². The molecule has 0 radical (unpaired) electrons. The van der Waals surface area contributed by atoms with Crippen molar-refractivity contribution in [1.82, 2.24) is 0 Å². The molecule has 2 heterocycles. The van der Waals surface area contributed by atoms with Gasteiger partial charge in [-0.15, -0.1) is 0 Å². The maximum Gasteiger partial charge on any atom is 0.220 e. The van der Waals surface area contributed by atoms with Crippen molar-refractivity contribution >= 4 is 23.4 Å². The lowest BCUT2D eigenvalue weighted by molar-refractivity contribution is 0.0981. The van der Waals surface area contributed by atoms with Crippen molar-refractivity contribution in [1.29, 1.82) is 0 Å². The second-order valence-electron chi connectivity index (χ2n) is 7.50. The van der Waals surface area contributed by atoms with E-state index in [1.807, 2.05) is 17.9 Å². The number of nitrogens with two attached hydrogens (primary N) is 2. The van der Waals surface area contributed by atoms with E-state index >= 15 is 0 Å². The van der Waals surface area contributed by atoms with Crippen molar-refractivity contribution in [2.75, 3.05) is 18.1 Å². The minimum atomic E-state index is -0.612. The van der Waals surface area contributed by atoms with Gasteiger partial charge in [0, 0.05) is 18.1 Å². The number of guanidine groups is 2. The number of hydrogen-bond donors (Lipinski definition) is 2. The van der Waals surface area contributed by atoms with Gasteiger partial charge in [-0.1, -0.05) is 13.3 Å². The highest BCUT2D eigenvalue weighted by Gasteiger charge is 2.44. The lowest BCUT2D eigenvalue weighted by Crippen LogP contribution is -2.58. The molecule has 150 valence electrons. The van der Waals surface area contributed by atoms with E-state index in [9.17, 15) is 4.79 Å². The number of carbonyl (C=O) groups is 1. The predicted octanol–water partition coefficient (Wildman–Crippen LogP) is 2.55. The van der Waals surface area contributed by atoms with Crippen molar-refractivity contribution < 1.29 is 14.3 Å². The summed E-state index contributed by atoms with van der Waals surface area (Å²) in [5.41, 5.74) is 12.9. The SMILES string of the molecule is CCCC(=O)c1cc2c(cc1N1C(N)=NC(N)=NC13CCCCC3)OCCO2. The number of fused-ring (bicyclic) bond motifs is 1. The monoisotopic (exact) mass is 385 g/mol. The number of anilines is 1. The van der Waals surface area contributed by atoms with Gasteiger partial charge in [0.1, 0.15) is 18.9 Å². The summed E-state index contributed by atoms with van der Waals surface area (Å²) in [7, 11) is 0. The zero-order chi connectivity index (χ0) is 19.7. The van der Waals surface area contributed by atoms with Crippen LogP contribution in [0, 0.1) is 0 Å². The lowest BCUT2D eigenvalue weighted by Gasteiger charge is -2.46. The Balaban J connectivity index is 1.88. The van der Waals surface area contributed by atoms with Crippen LogP contribution in [0.5, 0.6) is 11.5 Å². The molecule has 1 aromatic carbocycles. The van der Waals surface area contributed by atoms with Crippen LogP contribution in [0.4, 0.5) is 5.69 Å². The molecule has 4 N–H and O–H groups in total. The van der Waals surface area contributed by atoms with Crippen LogP contribution in [-0.2, 0) is 0 Å². The number of ketones is 1. The van der Waals surface area contributed by atoms with Gasteiger partial charge in [-0.3, -0.25) is 9.69 Å². The molecule has 1 aliphatic carbocycles. The first kappa shape index (κ1) is 18.6. The molecule has 4 rings (SSSR count). The largest absolute Gasteiger partial charge is 0.486 e. The van der Waals surface area contributed by atoms with Crippen molar-refractivity contribution in [2.24, 2.45) is 21.5 Å². The summed E-state index contributed by atoms with van der Waals surface area (Å²) in [6, 6.07) is 3.61.